The van der Waals surface area contributed by atoms with Crippen LogP contribution in [0.1, 0.15) is 22.3 Å². The Kier molecular flexibility index (Phi) is 3.84. The van der Waals surface area contributed by atoms with E-state index in [0.717, 1.165) is 35.1 Å². The highest BCUT2D eigenvalue weighted by Gasteiger charge is 2.21. The topological polar surface area (TPSA) is 32.3 Å². The molecule has 0 spiro atoms. The number of likely N-dealkylation sites (tertiary alicyclic amines) is 1. The van der Waals surface area contributed by atoms with E-state index in [2.05, 4.69) is 33.2 Å². The van der Waals surface area contributed by atoms with Crippen LogP contribution in [0.5, 0.6) is 0 Å². The Morgan fingerprint density at radius 3 is 2.82 bits per heavy atom. The van der Waals surface area contributed by atoms with E-state index < -0.39 is 0 Å². The molecular formula is C13H17BrN2O. The summed E-state index contributed by atoms with van der Waals surface area (Å²) >= 11 is 3.42. The first-order valence-corrected chi connectivity index (χ1v) is 6.60. The molecule has 0 aromatic heterocycles. The second kappa shape index (κ2) is 5.19. The van der Waals surface area contributed by atoms with Crippen LogP contribution in [0.4, 0.5) is 0 Å². The number of benzene rings is 1. The van der Waals surface area contributed by atoms with Crippen LogP contribution in [-0.4, -0.2) is 37.0 Å². The number of nitrogens with one attached hydrogen (secondary N) is 1. The van der Waals surface area contributed by atoms with Crippen molar-refractivity contribution in [2.45, 2.75) is 19.4 Å². The lowest BCUT2D eigenvalue weighted by Gasteiger charge is -2.13. The maximum Gasteiger partial charge on any atom is 0.251 e. The number of hydrogen-bond donors (Lipinski definition) is 1. The Morgan fingerprint density at radius 1 is 1.47 bits per heavy atom. The highest BCUT2D eigenvalue weighted by atomic mass is 79.9. The summed E-state index contributed by atoms with van der Waals surface area (Å²) in [5.41, 5.74) is 1.82. The summed E-state index contributed by atoms with van der Waals surface area (Å²) in [6, 6.07) is 6.06. The molecule has 1 heterocycles. The lowest BCUT2D eigenvalue weighted by Crippen LogP contribution is -2.36. The van der Waals surface area contributed by atoms with Crippen molar-refractivity contribution in [2.24, 2.45) is 0 Å². The number of amides is 1. The normalized spacial score (nSPS) is 20.5. The van der Waals surface area contributed by atoms with Crippen molar-refractivity contribution in [3.63, 3.8) is 0 Å². The van der Waals surface area contributed by atoms with Gasteiger partial charge in [-0.1, -0.05) is 15.9 Å². The van der Waals surface area contributed by atoms with Gasteiger partial charge in [0.05, 0.1) is 0 Å². The number of likely N-dealkylation sites (N-methyl/N-ethyl adjacent to an activating group) is 1. The van der Waals surface area contributed by atoms with Crippen molar-refractivity contribution < 1.29 is 4.79 Å². The highest BCUT2D eigenvalue weighted by molar-refractivity contribution is 9.10. The van der Waals surface area contributed by atoms with Gasteiger partial charge in [0, 0.05) is 22.6 Å². The minimum Gasteiger partial charge on any atom is -0.348 e. The van der Waals surface area contributed by atoms with Gasteiger partial charge in [-0.05, 0) is 50.7 Å². The van der Waals surface area contributed by atoms with E-state index in [0.29, 0.717) is 0 Å². The van der Waals surface area contributed by atoms with Crippen molar-refractivity contribution in [1.29, 1.82) is 0 Å². The molecule has 17 heavy (non-hydrogen) atoms. The van der Waals surface area contributed by atoms with Gasteiger partial charge in [0.1, 0.15) is 0 Å². The zero-order valence-corrected chi connectivity index (χ0v) is 11.8. The number of aryl methyl sites for hydroxylation is 1. The average Bonchev–Trinajstić information content (AvgIpc) is 2.62. The van der Waals surface area contributed by atoms with Crippen LogP contribution < -0.4 is 5.32 Å². The number of nitrogens with zero attached hydrogens (tertiary/aromatic N) is 1. The summed E-state index contributed by atoms with van der Waals surface area (Å²) in [7, 11) is 2.08. The number of hydrogen-bond acceptors (Lipinski definition) is 2. The molecular weight excluding hydrogens is 280 g/mol. The SMILES string of the molecule is Cc1cc(Br)cc(C(=O)NC2CCN(C)C2)c1. The van der Waals surface area contributed by atoms with Crippen molar-refractivity contribution >= 4 is 21.8 Å². The summed E-state index contributed by atoms with van der Waals surface area (Å²) in [6.07, 6.45) is 1.04. The zero-order chi connectivity index (χ0) is 12.4. The minimum atomic E-state index is 0.0229. The van der Waals surface area contributed by atoms with E-state index in [1.807, 2.05) is 25.1 Å². The molecule has 2 rings (SSSR count). The number of rotatable bonds is 2. The van der Waals surface area contributed by atoms with E-state index in [9.17, 15) is 4.79 Å². The van der Waals surface area contributed by atoms with Gasteiger partial charge in [-0.15, -0.1) is 0 Å². The maximum atomic E-state index is 12.1. The van der Waals surface area contributed by atoms with E-state index >= 15 is 0 Å². The first-order valence-electron chi connectivity index (χ1n) is 5.81. The average molecular weight is 297 g/mol. The quantitative estimate of drug-likeness (QED) is 0.907. The Labute approximate surface area is 110 Å². The second-order valence-corrected chi connectivity index (χ2v) is 5.65. The molecule has 1 aromatic rings. The molecule has 0 saturated carbocycles. The first-order chi connectivity index (χ1) is 8.04. The van der Waals surface area contributed by atoms with Crippen LogP contribution in [0, 0.1) is 6.92 Å². The summed E-state index contributed by atoms with van der Waals surface area (Å²) in [6.45, 7) is 3.99. The van der Waals surface area contributed by atoms with Crippen molar-refractivity contribution in [3.8, 4) is 0 Å². The molecule has 1 N–H and O–H groups in total. The lowest BCUT2D eigenvalue weighted by atomic mass is 10.1. The molecule has 1 unspecified atom stereocenters. The Balaban J connectivity index is 2.04. The number of carbonyl (C=O) groups is 1. The Hall–Kier alpha value is -0.870. The monoisotopic (exact) mass is 296 g/mol. The fourth-order valence-electron chi connectivity index (χ4n) is 2.19. The molecule has 0 bridgehead atoms. The van der Waals surface area contributed by atoms with Crippen LogP contribution in [-0.2, 0) is 0 Å². The van der Waals surface area contributed by atoms with Crippen LogP contribution in [0.25, 0.3) is 0 Å². The van der Waals surface area contributed by atoms with Crippen molar-refractivity contribution in [3.05, 3.63) is 33.8 Å². The van der Waals surface area contributed by atoms with Gasteiger partial charge in [-0.25, -0.2) is 0 Å². The Morgan fingerprint density at radius 2 is 2.24 bits per heavy atom. The highest BCUT2D eigenvalue weighted by Crippen LogP contribution is 2.16. The second-order valence-electron chi connectivity index (χ2n) is 4.74. The summed E-state index contributed by atoms with van der Waals surface area (Å²) in [5.74, 6) is 0.0229. The lowest BCUT2D eigenvalue weighted by molar-refractivity contribution is 0.0938. The third kappa shape index (κ3) is 3.30. The van der Waals surface area contributed by atoms with E-state index in [4.69, 9.17) is 0 Å². The molecule has 1 saturated heterocycles. The number of halogens is 1. The minimum absolute atomic E-state index is 0.0229. The van der Waals surface area contributed by atoms with Gasteiger partial charge >= 0.3 is 0 Å². The molecule has 1 fully saturated rings. The standard InChI is InChI=1S/C13H17BrN2O/c1-9-5-10(7-11(14)6-9)13(17)15-12-3-4-16(2)8-12/h5-7,12H,3-4,8H2,1-2H3,(H,15,17). The molecule has 1 aliphatic rings. The molecule has 1 atom stereocenters. The van der Waals surface area contributed by atoms with Gasteiger partial charge in [0.15, 0.2) is 0 Å². The third-order valence-electron chi connectivity index (χ3n) is 3.03. The van der Waals surface area contributed by atoms with E-state index in [-0.39, 0.29) is 11.9 Å². The van der Waals surface area contributed by atoms with Gasteiger partial charge in [0.25, 0.3) is 5.91 Å². The predicted molar refractivity (Wildman–Crippen MR) is 72.2 cm³/mol. The fraction of sp³-hybridized carbons (Fsp3) is 0.462. The molecule has 1 amide bonds. The molecule has 3 nitrogen and oxygen atoms in total. The van der Waals surface area contributed by atoms with Crippen molar-refractivity contribution in [1.82, 2.24) is 10.2 Å². The molecule has 4 heteroatoms. The van der Waals surface area contributed by atoms with Gasteiger partial charge < -0.3 is 10.2 Å². The molecule has 1 aliphatic heterocycles. The summed E-state index contributed by atoms with van der Waals surface area (Å²) in [5, 5.41) is 3.08. The van der Waals surface area contributed by atoms with Crippen molar-refractivity contribution in [2.75, 3.05) is 20.1 Å². The van der Waals surface area contributed by atoms with E-state index in [1.54, 1.807) is 0 Å². The van der Waals surface area contributed by atoms with Gasteiger partial charge in [-0.2, -0.15) is 0 Å². The molecule has 0 radical (unpaired) electrons. The van der Waals surface area contributed by atoms with E-state index in [1.165, 1.54) is 0 Å². The number of carbonyl (C=O) groups excluding carboxylic acids is 1. The van der Waals surface area contributed by atoms with Gasteiger partial charge in [-0.3, -0.25) is 4.79 Å². The molecule has 0 aliphatic carbocycles. The summed E-state index contributed by atoms with van der Waals surface area (Å²) in [4.78, 5) is 14.3. The predicted octanol–water partition coefficient (Wildman–Crippen LogP) is 2.19. The molecule has 1 aromatic carbocycles. The maximum absolute atomic E-state index is 12.1. The largest absolute Gasteiger partial charge is 0.348 e. The van der Waals surface area contributed by atoms with Crippen LogP contribution >= 0.6 is 15.9 Å². The molecule has 92 valence electrons. The van der Waals surface area contributed by atoms with Crippen LogP contribution in [0.2, 0.25) is 0 Å². The Bertz CT molecular complexity index is 413. The van der Waals surface area contributed by atoms with Gasteiger partial charge in [0.2, 0.25) is 0 Å². The zero-order valence-electron chi connectivity index (χ0n) is 10.2. The van der Waals surface area contributed by atoms with Crippen LogP contribution in [0.15, 0.2) is 22.7 Å². The fourth-order valence-corrected chi connectivity index (χ4v) is 2.80. The van der Waals surface area contributed by atoms with Crippen LogP contribution in [0.3, 0.4) is 0 Å². The first kappa shape index (κ1) is 12.6. The summed E-state index contributed by atoms with van der Waals surface area (Å²) < 4.78 is 0.950. The smallest absolute Gasteiger partial charge is 0.251 e. The third-order valence-corrected chi connectivity index (χ3v) is 3.49.